The lowest BCUT2D eigenvalue weighted by molar-refractivity contribution is -0.139. The molecule has 238 valence electrons. The van der Waals surface area contributed by atoms with Crippen LogP contribution in [0.25, 0.3) is 6.08 Å². The first-order chi connectivity index (χ1) is 21.7. The fraction of sp³-hybridized carbons (Fsp3) is 0.429. The Kier molecular flexibility index (Phi) is 10.2. The van der Waals surface area contributed by atoms with Crippen LogP contribution in [0.5, 0.6) is 11.5 Å². The maximum Gasteiger partial charge on any atom is 0.338 e. The van der Waals surface area contributed by atoms with Crippen molar-refractivity contribution in [3.63, 3.8) is 0 Å². The summed E-state index contributed by atoms with van der Waals surface area (Å²) in [5.41, 5.74) is 3.53. The van der Waals surface area contributed by atoms with Gasteiger partial charge in [0.05, 0.1) is 35.6 Å². The highest BCUT2D eigenvalue weighted by Crippen LogP contribution is 2.33. The molecule has 1 atom stereocenters. The number of thiazole rings is 1. The number of carbonyl (C=O) groups is 2. The molecule has 0 radical (unpaired) electrons. The number of methoxy groups -OCH3 is 1. The van der Waals surface area contributed by atoms with Gasteiger partial charge in [-0.25, -0.2) is 9.79 Å². The van der Waals surface area contributed by atoms with E-state index in [4.69, 9.17) is 19.2 Å². The van der Waals surface area contributed by atoms with E-state index in [-0.39, 0.29) is 24.7 Å². The number of nitrogens with zero attached hydrogens (tertiary/aromatic N) is 3. The Morgan fingerprint density at radius 1 is 1.07 bits per heavy atom. The average molecular weight is 632 g/mol. The molecule has 5 rings (SSSR count). The van der Waals surface area contributed by atoms with E-state index in [9.17, 15) is 14.4 Å². The molecular formula is C35H41N3O6S. The van der Waals surface area contributed by atoms with Gasteiger partial charge in [-0.05, 0) is 67.0 Å². The van der Waals surface area contributed by atoms with Crippen molar-refractivity contribution in [1.29, 1.82) is 0 Å². The van der Waals surface area contributed by atoms with E-state index in [1.54, 1.807) is 36.8 Å². The highest BCUT2D eigenvalue weighted by atomic mass is 32.1. The van der Waals surface area contributed by atoms with Crippen LogP contribution < -0.4 is 24.4 Å². The maximum atomic E-state index is 14.1. The van der Waals surface area contributed by atoms with Gasteiger partial charge in [-0.2, -0.15) is 0 Å². The predicted octanol–water partition coefficient (Wildman–Crippen LogP) is 4.71. The minimum Gasteiger partial charge on any atom is -0.493 e. The maximum absolute atomic E-state index is 14.1. The Labute approximate surface area is 267 Å². The second kappa shape index (κ2) is 14.3. The number of rotatable bonds is 11. The van der Waals surface area contributed by atoms with Gasteiger partial charge in [0.2, 0.25) is 0 Å². The number of hydrogen-bond acceptors (Lipinski definition) is 8. The molecule has 0 bridgehead atoms. The molecule has 1 aromatic heterocycles. The number of esters is 1. The van der Waals surface area contributed by atoms with Crippen molar-refractivity contribution in [3.05, 3.63) is 90.1 Å². The molecule has 0 aliphatic carbocycles. The van der Waals surface area contributed by atoms with Crippen molar-refractivity contribution in [2.45, 2.75) is 65.3 Å². The first-order valence-electron chi connectivity index (χ1n) is 15.7. The minimum absolute atomic E-state index is 0.0437. The third kappa shape index (κ3) is 6.91. The van der Waals surface area contributed by atoms with Crippen molar-refractivity contribution in [1.82, 2.24) is 9.47 Å². The summed E-state index contributed by atoms with van der Waals surface area (Å²) in [6.45, 7) is 9.76. The van der Waals surface area contributed by atoms with Crippen LogP contribution in [0.1, 0.15) is 82.0 Å². The number of carbonyl (C=O) groups excluding carboxylic acids is 2. The molecule has 0 N–H and O–H groups in total. The second-order valence-corrected chi connectivity index (χ2v) is 12.5. The molecule has 0 unspecified atom stereocenters. The molecule has 0 saturated carbocycles. The van der Waals surface area contributed by atoms with Crippen molar-refractivity contribution < 1.29 is 23.8 Å². The van der Waals surface area contributed by atoms with Gasteiger partial charge >= 0.3 is 5.97 Å². The molecule has 0 spiro atoms. The number of fused-ring (bicyclic) bond motifs is 1. The monoisotopic (exact) mass is 631 g/mol. The van der Waals surface area contributed by atoms with Crippen LogP contribution in [0.4, 0.5) is 0 Å². The second-order valence-electron chi connectivity index (χ2n) is 11.5. The van der Waals surface area contributed by atoms with Crippen LogP contribution in [0.15, 0.2) is 63.5 Å². The van der Waals surface area contributed by atoms with Crippen molar-refractivity contribution in [2.75, 3.05) is 33.4 Å². The molecule has 2 aliphatic heterocycles. The number of benzene rings is 2. The Balaban J connectivity index is 1.55. The van der Waals surface area contributed by atoms with Crippen molar-refractivity contribution in [3.8, 4) is 11.5 Å². The summed E-state index contributed by atoms with van der Waals surface area (Å²) >= 11 is 1.29. The third-order valence-corrected chi connectivity index (χ3v) is 9.09. The topological polar surface area (TPSA) is 99.4 Å². The van der Waals surface area contributed by atoms with E-state index in [1.807, 2.05) is 42.2 Å². The van der Waals surface area contributed by atoms with E-state index in [2.05, 4.69) is 13.8 Å². The molecule has 1 saturated heterocycles. The van der Waals surface area contributed by atoms with Gasteiger partial charge in [-0.15, -0.1) is 0 Å². The molecule has 45 heavy (non-hydrogen) atoms. The normalized spacial score (nSPS) is 16.5. The van der Waals surface area contributed by atoms with Crippen LogP contribution in [-0.4, -0.2) is 54.8 Å². The number of likely N-dealkylation sites (tertiary alicyclic amines) is 1. The molecular weight excluding hydrogens is 590 g/mol. The smallest absolute Gasteiger partial charge is 0.338 e. The zero-order valence-electron chi connectivity index (χ0n) is 26.6. The van der Waals surface area contributed by atoms with Crippen LogP contribution in [0.3, 0.4) is 0 Å². The number of ether oxygens (including phenoxy) is 3. The fourth-order valence-electron chi connectivity index (χ4n) is 5.74. The minimum atomic E-state index is -0.663. The summed E-state index contributed by atoms with van der Waals surface area (Å²) in [7, 11) is 1.54. The average Bonchev–Trinajstić information content (AvgIpc) is 3.68. The molecule has 2 aliphatic rings. The van der Waals surface area contributed by atoms with Crippen LogP contribution in [-0.2, 0) is 14.3 Å². The lowest BCUT2D eigenvalue weighted by atomic mass is 9.92. The standard InChI is InChI=1S/C35H41N3O6S/c1-6-10-26-31(34(41)43-7-2)32(25-14-12-24(13-15-25)22(3)4)38-33(40)29(45-35(38)36-26)20-23-11-16-27(28(19-23)42-5)44-21-30(39)37-17-8-9-18-37/h11-16,19-20,22,32H,6-10,17-18,21H2,1-5H3/b29-20+/t32-/m1/s1. The Morgan fingerprint density at radius 2 is 1.80 bits per heavy atom. The zero-order valence-corrected chi connectivity index (χ0v) is 27.4. The summed E-state index contributed by atoms with van der Waals surface area (Å²) in [5.74, 6) is 0.759. The molecule has 2 aromatic carbocycles. The van der Waals surface area contributed by atoms with E-state index in [1.165, 1.54) is 16.9 Å². The quantitative estimate of drug-likeness (QED) is 0.284. The van der Waals surface area contributed by atoms with Gasteiger partial charge in [-0.1, -0.05) is 68.9 Å². The largest absolute Gasteiger partial charge is 0.493 e. The molecule has 3 heterocycles. The van der Waals surface area contributed by atoms with Gasteiger partial charge in [0, 0.05) is 13.1 Å². The first kappa shape index (κ1) is 32.2. The van der Waals surface area contributed by atoms with Gasteiger partial charge < -0.3 is 19.1 Å². The fourth-order valence-corrected chi connectivity index (χ4v) is 6.76. The third-order valence-electron chi connectivity index (χ3n) is 8.11. The first-order valence-corrected chi connectivity index (χ1v) is 16.5. The van der Waals surface area contributed by atoms with Gasteiger partial charge in [-0.3, -0.25) is 14.2 Å². The lowest BCUT2D eigenvalue weighted by Crippen LogP contribution is -2.40. The van der Waals surface area contributed by atoms with Crippen LogP contribution in [0, 0.1) is 0 Å². The van der Waals surface area contributed by atoms with E-state index >= 15 is 0 Å². The molecule has 9 nitrogen and oxygen atoms in total. The lowest BCUT2D eigenvalue weighted by Gasteiger charge is -2.26. The number of allylic oxidation sites excluding steroid dienone is 1. The Bertz CT molecular complexity index is 1760. The number of hydrogen-bond donors (Lipinski definition) is 0. The summed E-state index contributed by atoms with van der Waals surface area (Å²) in [6, 6.07) is 12.8. The van der Waals surface area contributed by atoms with Crippen LogP contribution >= 0.6 is 11.3 Å². The van der Waals surface area contributed by atoms with Crippen molar-refractivity contribution >= 4 is 29.3 Å². The summed E-state index contributed by atoms with van der Waals surface area (Å²) in [4.78, 5) is 47.2. The highest BCUT2D eigenvalue weighted by Gasteiger charge is 2.34. The Morgan fingerprint density at radius 3 is 2.44 bits per heavy atom. The zero-order chi connectivity index (χ0) is 32.1. The number of aromatic nitrogens is 1. The summed E-state index contributed by atoms with van der Waals surface area (Å²) in [5, 5.41) is 0. The number of amides is 1. The van der Waals surface area contributed by atoms with E-state index in [0.29, 0.717) is 44.4 Å². The van der Waals surface area contributed by atoms with Gasteiger partial charge in [0.25, 0.3) is 11.5 Å². The van der Waals surface area contributed by atoms with E-state index in [0.717, 1.165) is 43.5 Å². The van der Waals surface area contributed by atoms with E-state index < -0.39 is 12.0 Å². The van der Waals surface area contributed by atoms with Crippen LogP contribution in [0.2, 0.25) is 0 Å². The SMILES string of the molecule is CCCC1=C(C(=O)OCC)[C@@H](c2ccc(C(C)C)cc2)n2c(s/c(=C/c3ccc(OCC(=O)N4CCCC4)c(OC)c3)c2=O)=N1. The summed E-state index contributed by atoms with van der Waals surface area (Å²) in [6.07, 6.45) is 5.19. The van der Waals surface area contributed by atoms with Gasteiger partial charge in [0.1, 0.15) is 0 Å². The highest BCUT2D eigenvalue weighted by molar-refractivity contribution is 7.07. The molecule has 1 fully saturated rings. The Hall–Kier alpha value is -4.18. The molecule has 3 aromatic rings. The van der Waals surface area contributed by atoms with Gasteiger partial charge in [0.15, 0.2) is 22.9 Å². The molecule has 10 heteroatoms. The predicted molar refractivity (Wildman–Crippen MR) is 174 cm³/mol. The summed E-state index contributed by atoms with van der Waals surface area (Å²) < 4.78 is 19.0. The van der Waals surface area contributed by atoms with Crippen molar-refractivity contribution in [2.24, 2.45) is 4.99 Å². The molecule has 1 amide bonds.